The van der Waals surface area contributed by atoms with Crippen LogP contribution in [0.25, 0.3) is 0 Å². The smallest absolute Gasteiger partial charge is 0.251 e. The molecular formula is C15H16N2O2S. The van der Waals surface area contributed by atoms with Gasteiger partial charge in [-0.15, -0.1) is 0 Å². The number of aromatic nitrogens is 1. The molecule has 0 fully saturated rings. The fraction of sp³-hybridized carbons (Fsp3) is 0.200. The van der Waals surface area contributed by atoms with Gasteiger partial charge in [0.15, 0.2) is 6.20 Å². The van der Waals surface area contributed by atoms with Crippen molar-refractivity contribution in [2.75, 3.05) is 11.1 Å². The molecule has 2 rings (SSSR count). The Morgan fingerprint density at radius 2 is 2.10 bits per heavy atom. The second-order valence-electron chi connectivity index (χ2n) is 4.52. The van der Waals surface area contributed by atoms with Crippen molar-refractivity contribution in [2.45, 2.75) is 18.9 Å². The molecule has 104 valence electrons. The summed E-state index contributed by atoms with van der Waals surface area (Å²) in [5.74, 6) is 0.0900. The molecule has 0 atom stereocenters. The zero-order valence-corrected chi connectivity index (χ0v) is 12.2. The van der Waals surface area contributed by atoms with E-state index < -0.39 is 0 Å². The number of hydrogen-bond acceptors (Lipinski definition) is 3. The van der Waals surface area contributed by atoms with E-state index in [1.165, 1.54) is 18.0 Å². The highest BCUT2D eigenvalue weighted by molar-refractivity contribution is 7.99. The molecule has 5 heteroatoms. The van der Waals surface area contributed by atoms with Gasteiger partial charge in [-0.2, -0.15) is 4.73 Å². The van der Waals surface area contributed by atoms with E-state index in [1.807, 2.05) is 32.0 Å². The van der Waals surface area contributed by atoms with Crippen LogP contribution in [0.4, 0.5) is 5.69 Å². The molecule has 0 aliphatic rings. The summed E-state index contributed by atoms with van der Waals surface area (Å²) in [6.45, 7) is 3.93. The topological polar surface area (TPSA) is 56.0 Å². The van der Waals surface area contributed by atoms with Crippen molar-refractivity contribution in [3.05, 3.63) is 58.9 Å². The van der Waals surface area contributed by atoms with Crippen LogP contribution < -0.4 is 10.0 Å². The highest BCUT2D eigenvalue weighted by atomic mass is 32.2. The van der Waals surface area contributed by atoms with Crippen LogP contribution in [0.2, 0.25) is 0 Å². The van der Waals surface area contributed by atoms with Gasteiger partial charge in [0.25, 0.3) is 5.03 Å². The Hall–Kier alpha value is -2.01. The lowest BCUT2D eigenvalue weighted by Gasteiger charge is -2.09. The molecule has 1 N–H and O–H groups in total. The third-order valence-electron chi connectivity index (χ3n) is 2.81. The van der Waals surface area contributed by atoms with Gasteiger partial charge >= 0.3 is 0 Å². The molecule has 0 aliphatic carbocycles. The first-order chi connectivity index (χ1) is 9.56. The molecule has 0 saturated carbocycles. The SMILES string of the molecule is Cc1ccc(C)c(NC(=O)CSc2cccc[n+]2[O-])c1. The Labute approximate surface area is 122 Å². The minimum atomic E-state index is -0.118. The van der Waals surface area contributed by atoms with E-state index in [1.54, 1.807) is 18.2 Å². The van der Waals surface area contributed by atoms with E-state index in [4.69, 9.17) is 0 Å². The van der Waals surface area contributed by atoms with Gasteiger partial charge in [-0.25, -0.2) is 0 Å². The lowest BCUT2D eigenvalue weighted by atomic mass is 10.1. The number of hydrogen-bond donors (Lipinski definition) is 1. The molecule has 20 heavy (non-hydrogen) atoms. The van der Waals surface area contributed by atoms with Crippen LogP contribution in [0, 0.1) is 19.1 Å². The van der Waals surface area contributed by atoms with Crippen LogP contribution in [0.15, 0.2) is 47.6 Å². The first-order valence-corrected chi connectivity index (χ1v) is 7.23. The van der Waals surface area contributed by atoms with Gasteiger partial charge in [0.2, 0.25) is 5.91 Å². The maximum Gasteiger partial charge on any atom is 0.251 e. The Balaban J connectivity index is 1.96. The highest BCUT2D eigenvalue weighted by Gasteiger charge is 2.10. The molecule has 0 aliphatic heterocycles. The molecule has 1 amide bonds. The highest BCUT2D eigenvalue weighted by Crippen LogP contribution is 2.18. The lowest BCUT2D eigenvalue weighted by Crippen LogP contribution is -2.28. The fourth-order valence-electron chi connectivity index (χ4n) is 1.72. The van der Waals surface area contributed by atoms with Gasteiger partial charge in [0.05, 0.1) is 5.75 Å². The summed E-state index contributed by atoms with van der Waals surface area (Å²) >= 11 is 1.22. The number of benzene rings is 1. The molecular weight excluding hydrogens is 272 g/mol. The molecule has 4 nitrogen and oxygen atoms in total. The predicted octanol–water partition coefficient (Wildman–Crippen LogP) is 2.67. The minimum absolute atomic E-state index is 0.118. The van der Waals surface area contributed by atoms with Crippen molar-refractivity contribution < 1.29 is 9.52 Å². The van der Waals surface area contributed by atoms with Gasteiger partial charge in [0.1, 0.15) is 0 Å². The van der Waals surface area contributed by atoms with E-state index >= 15 is 0 Å². The minimum Gasteiger partial charge on any atom is -0.618 e. The van der Waals surface area contributed by atoms with Crippen LogP contribution in [0.1, 0.15) is 11.1 Å². The number of nitrogens with one attached hydrogen (secondary N) is 1. The fourth-order valence-corrected chi connectivity index (χ4v) is 2.43. The monoisotopic (exact) mass is 288 g/mol. The van der Waals surface area contributed by atoms with E-state index in [0.717, 1.165) is 21.5 Å². The maximum absolute atomic E-state index is 11.9. The van der Waals surface area contributed by atoms with Crippen LogP contribution in [-0.2, 0) is 4.79 Å². The van der Waals surface area contributed by atoms with Crippen molar-refractivity contribution in [2.24, 2.45) is 0 Å². The summed E-state index contributed by atoms with van der Waals surface area (Å²) in [6, 6.07) is 11.1. The molecule has 2 aromatic rings. The Bertz CT molecular complexity index is 629. The molecule has 0 unspecified atom stereocenters. The van der Waals surface area contributed by atoms with Crippen LogP contribution in [0.3, 0.4) is 0 Å². The predicted molar refractivity (Wildman–Crippen MR) is 80.7 cm³/mol. The molecule has 0 spiro atoms. The standard InChI is InChI=1S/C15H16N2O2S/c1-11-6-7-12(2)13(9-11)16-14(18)10-20-15-5-3-4-8-17(15)19/h3-9H,10H2,1-2H3,(H,16,18). The molecule has 1 heterocycles. The summed E-state index contributed by atoms with van der Waals surface area (Å²) in [5, 5.41) is 14.8. The Kier molecular flexibility index (Phi) is 4.63. The molecule has 1 aromatic carbocycles. The number of carbonyl (C=O) groups is 1. The number of aryl methyl sites for hydroxylation is 2. The second kappa shape index (κ2) is 6.43. The molecule has 0 bridgehead atoms. The zero-order chi connectivity index (χ0) is 14.5. The Morgan fingerprint density at radius 3 is 2.85 bits per heavy atom. The van der Waals surface area contributed by atoms with Gasteiger partial charge in [0, 0.05) is 17.8 Å². The van der Waals surface area contributed by atoms with Crippen molar-refractivity contribution in [3.63, 3.8) is 0 Å². The van der Waals surface area contributed by atoms with Crippen molar-refractivity contribution >= 4 is 23.4 Å². The normalized spacial score (nSPS) is 10.3. The first-order valence-electron chi connectivity index (χ1n) is 6.24. The lowest BCUT2D eigenvalue weighted by molar-refractivity contribution is -0.645. The third-order valence-corrected chi connectivity index (χ3v) is 3.83. The van der Waals surface area contributed by atoms with E-state index in [0.29, 0.717) is 5.03 Å². The number of thioether (sulfide) groups is 1. The Morgan fingerprint density at radius 1 is 1.30 bits per heavy atom. The second-order valence-corrected chi connectivity index (χ2v) is 5.52. The third kappa shape index (κ3) is 3.74. The number of rotatable bonds is 4. The number of amides is 1. The molecule has 1 aromatic heterocycles. The number of pyridine rings is 1. The number of anilines is 1. The zero-order valence-electron chi connectivity index (χ0n) is 11.4. The van der Waals surface area contributed by atoms with Gasteiger partial charge in [-0.05, 0) is 48.9 Å². The number of carbonyl (C=O) groups excluding carboxylic acids is 1. The van der Waals surface area contributed by atoms with Crippen molar-refractivity contribution in [1.29, 1.82) is 0 Å². The van der Waals surface area contributed by atoms with Crippen LogP contribution in [-0.4, -0.2) is 11.7 Å². The van der Waals surface area contributed by atoms with E-state index in [9.17, 15) is 10.0 Å². The quantitative estimate of drug-likeness (QED) is 0.534. The van der Waals surface area contributed by atoms with Crippen molar-refractivity contribution in [1.82, 2.24) is 0 Å². The van der Waals surface area contributed by atoms with Gasteiger partial charge in [-0.1, -0.05) is 12.1 Å². The summed E-state index contributed by atoms with van der Waals surface area (Å²) in [7, 11) is 0. The molecule has 0 saturated heterocycles. The summed E-state index contributed by atoms with van der Waals surface area (Å²) in [5.41, 5.74) is 2.94. The summed E-state index contributed by atoms with van der Waals surface area (Å²) in [4.78, 5) is 11.9. The first kappa shape index (κ1) is 14.4. The van der Waals surface area contributed by atoms with Crippen molar-refractivity contribution in [3.8, 4) is 0 Å². The maximum atomic E-state index is 11.9. The van der Waals surface area contributed by atoms with Gasteiger partial charge in [-0.3, -0.25) is 4.79 Å². The average molecular weight is 288 g/mol. The summed E-state index contributed by atoms with van der Waals surface area (Å²) < 4.78 is 0.760. The number of nitrogens with zero attached hydrogens (tertiary/aromatic N) is 1. The largest absolute Gasteiger partial charge is 0.618 e. The molecule has 0 radical (unpaired) electrons. The summed E-state index contributed by atoms with van der Waals surface area (Å²) in [6.07, 6.45) is 1.42. The average Bonchev–Trinajstić information content (AvgIpc) is 2.42. The van der Waals surface area contributed by atoms with Crippen LogP contribution in [0.5, 0.6) is 0 Å². The van der Waals surface area contributed by atoms with E-state index in [-0.39, 0.29) is 11.7 Å². The van der Waals surface area contributed by atoms with E-state index in [2.05, 4.69) is 5.32 Å². The van der Waals surface area contributed by atoms with Gasteiger partial charge < -0.3 is 10.5 Å². The van der Waals surface area contributed by atoms with Crippen LogP contribution >= 0.6 is 11.8 Å².